The summed E-state index contributed by atoms with van der Waals surface area (Å²) >= 11 is 1.50. The molecule has 0 saturated carbocycles. The van der Waals surface area contributed by atoms with Crippen LogP contribution in [0.4, 0.5) is 0 Å². The van der Waals surface area contributed by atoms with Crippen LogP contribution in [0.25, 0.3) is 0 Å². The fraction of sp³-hybridized carbons (Fsp3) is 0.500. The molecule has 1 rings (SSSR count). The molecule has 0 amide bonds. The molecule has 0 unspecified atom stereocenters. The Labute approximate surface area is 83.0 Å². The zero-order valence-electron chi connectivity index (χ0n) is 8.04. The van der Waals surface area contributed by atoms with Crippen molar-refractivity contribution in [3.8, 4) is 0 Å². The monoisotopic (exact) mass is 197 g/mol. The minimum absolute atomic E-state index is 0.190. The SMILES string of the molecule is CC(C)CNCC(=O)c1cccs1. The molecule has 2 nitrogen and oxygen atoms in total. The maximum absolute atomic E-state index is 11.4. The molecule has 1 aromatic heterocycles. The van der Waals surface area contributed by atoms with Gasteiger partial charge in [0.25, 0.3) is 0 Å². The zero-order valence-corrected chi connectivity index (χ0v) is 8.86. The molecule has 1 heterocycles. The molecule has 1 N–H and O–H groups in total. The summed E-state index contributed by atoms with van der Waals surface area (Å²) < 4.78 is 0. The van der Waals surface area contributed by atoms with E-state index in [1.807, 2.05) is 17.5 Å². The second kappa shape index (κ2) is 5.14. The van der Waals surface area contributed by atoms with Gasteiger partial charge in [0, 0.05) is 0 Å². The predicted octanol–water partition coefficient (Wildman–Crippen LogP) is 2.18. The summed E-state index contributed by atoms with van der Waals surface area (Å²) in [5, 5.41) is 5.06. The first-order chi connectivity index (χ1) is 6.20. The average Bonchev–Trinajstić information content (AvgIpc) is 2.55. The predicted molar refractivity (Wildman–Crippen MR) is 56.4 cm³/mol. The number of thiophene rings is 1. The van der Waals surface area contributed by atoms with Gasteiger partial charge in [0.1, 0.15) is 0 Å². The maximum atomic E-state index is 11.4. The van der Waals surface area contributed by atoms with Crippen LogP contribution in [0.15, 0.2) is 17.5 Å². The van der Waals surface area contributed by atoms with Crippen molar-refractivity contribution in [1.29, 1.82) is 0 Å². The molecular weight excluding hydrogens is 182 g/mol. The molecule has 13 heavy (non-hydrogen) atoms. The van der Waals surface area contributed by atoms with Gasteiger partial charge in [-0.1, -0.05) is 19.9 Å². The van der Waals surface area contributed by atoms with E-state index in [9.17, 15) is 4.79 Å². The third-order valence-corrected chi connectivity index (χ3v) is 2.55. The van der Waals surface area contributed by atoms with Gasteiger partial charge < -0.3 is 5.32 Å². The molecule has 0 atom stereocenters. The van der Waals surface area contributed by atoms with Crippen LogP contribution in [-0.2, 0) is 0 Å². The fourth-order valence-electron chi connectivity index (χ4n) is 0.999. The Kier molecular flexibility index (Phi) is 4.12. The van der Waals surface area contributed by atoms with Crippen LogP contribution in [0, 0.1) is 5.92 Å². The first kappa shape index (κ1) is 10.4. The average molecular weight is 197 g/mol. The van der Waals surface area contributed by atoms with Crippen LogP contribution < -0.4 is 5.32 Å². The highest BCUT2D eigenvalue weighted by Gasteiger charge is 2.05. The molecule has 0 aliphatic carbocycles. The van der Waals surface area contributed by atoms with Gasteiger partial charge in [-0.25, -0.2) is 0 Å². The van der Waals surface area contributed by atoms with Crippen molar-refractivity contribution >= 4 is 17.1 Å². The maximum Gasteiger partial charge on any atom is 0.186 e. The molecular formula is C10H15NOS. The smallest absolute Gasteiger partial charge is 0.186 e. The standard InChI is InChI=1S/C10H15NOS/c1-8(2)6-11-7-9(12)10-4-3-5-13-10/h3-5,8,11H,6-7H2,1-2H3. The van der Waals surface area contributed by atoms with Crippen molar-refractivity contribution in [2.24, 2.45) is 5.92 Å². The minimum Gasteiger partial charge on any atom is -0.309 e. The van der Waals surface area contributed by atoms with E-state index in [-0.39, 0.29) is 5.78 Å². The molecule has 1 aromatic rings. The largest absolute Gasteiger partial charge is 0.309 e. The van der Waals surface area contributed by atoms with Gasteiger partial charge in [-0.3, -0.25) is 4.79 Å². The van der Waals surface area contributed by atoms with Crippen LogP contribution in [0.2, 0.25) is 0 Å². The summed E-state index contributed by atoms with van der Waals surface area (Å²) in [6.07, 6.45) is 0. The lowest BCUT2D eigenvalue weighted by molar-refractivity contribution is 0.0994. The Morgan fingerprint density at radius 2 is 2.38 bits per heavy atom. The van der Waals surface area contributed by atoms with Gasteiger partial charge in [-0.2, -0.15) is 0 Å². The number of hydrogen-bond donors (Lipinski definition) is 1. The van der Waals surface area contributed by atoms with E-state index in [1.165, 1.54) is 11.3 Å². The van der Waals surface area contributed by atoms with Crippen LogP contribution in [0.3, 0.4) is 0 Å². The summed E-state index contributed by atoms with van der Waals surface area (Å²) in [4.78, 5) is 12.3. The van der Waals surface area contributed by atoms with Crippen LogP contribution in [0.1, 0.15) is 23.5 Å². The van der Waals surface area contributed by atoms with Gasteiger partial charge in [0.2, 0.25) is 0 Å². The van der Waals surface area contributed by atoms with E-state index >= 15 is 0 Å². The summed E-state index contributed by atoms with van der Waals surface area (Å²) in [6.45, 7) is 5.61. The van der Waals surface area contributed by atoms with Crippen LogP contribution in [0.5, 0.6) is 0 Å². The van der Waals surface area contributed by atoms with Gasteiger partial charge in [0.05, 0.1) is 11.4 Å². The number of carbonyl (C=O) groups is 1. The number of hydrogen-bond acceptors (Lipinski definition) is 3. The Morgan fingerprint density at radius 1 is 1.62 bits per heavy atom. The molecule has 0 aliphatic rings. The van der Waals surface area contributed by atoms with E-state index in [0.717, 1.165) is 11.4 Å². The number of rotatable bonds is 5. The number of Topliss-reactive ketones (excluding diaryl/α,β-unsaturated/α-hetero) is 1. The van der Waals surface area contributed by atoms with Crippen molar-refractivity contribution < 1.29 is 4.79 Å². The van der Waals surface area contributed by atoms with E-state index in [0.29, 0.717) is 12.5 Å². The third kappa shape index (κ3) is 3.70. The molecule has 72 valence electrons. The van der Waals surface area contributed by atoms with E-state index < -0.39 is 0 Å². The highest BCUT2D eigenvalue weighted by molar-refractivity contribution is 7.12. The number of ketones is 1. The fourth-order valence-corrected chi connectivity index (χ4v) is 1.66. The van der Waals surface area contributed by atoms with Gasteiger partial charge in [-0.15, -0.1) is 11.3 Å². The molecule has 0 aliphatic heterocycles. The van der Waals surface area contributed by atoms with Gasteiger partial charge >= 0.3 is 0 Å². The molecule has 0 aromatic carbocycles. The highest BCUT2D eigenvalue weighted by Crippen LogP contribution is 2.08. The van der Waals surface area contributed by atoms with Crippen molar-refractivity contribution in [2.45, 2.75) is 13.8 Å². The van der Waals surface area contributed by atoms with Gasteiger partial charge in [-0.05, 0) is 23.9 Å². The normalized spacial score (nSPS) is 10.7. The lowest BCUT2D eigenvalue weighted by Gasteiger charge is -2.05. The first-order valence-corrected chi connectivity index (χ1v) is 5.35. The Morgan fingerprint density at radius 3 is 2.92 bits per heavy atom. The van der Waals surface area contributed by atoms with E-state index in [4.69, 9.17) is 0 Å². The number of carbonyl (C=O) groups excluding carboxylic acids is 1. The quantitative estimate of drug-likeness (QED) is 0.733. The van der Waals surface area contributed by atoms with Crippen LogP contribution >= 0.6 is 11.3 Å². The molecule has 3 heteroatoms. The van der Waals surface area contributed by atoms with Crippen molar-refractivity contribution in [1.82, 2.24) is 5.32 Å². The van der Waals surface area contributed by atoms with Crippen LogP contribution in [-0.4, -0.2) is 18.9 Å². The van der Waals surface area contributed by atoms with Crippen molar-refractivity contribution in [3.05, 3.63) is 22.4 Å². The van der Waals surface area contributed by atoms with E-state index in [1.54, 1.807) is 0 Å². The zero-order chi connectivity index (χ0) is 9.68. The lowest BCUT2D eigenvalue weighted by Crippen LogP contribution is -2.26. The highest BCUT2D eigenvalue weighted by atomic mass is 32.1. The van der Waals surface area contributed by atoms with Crippen molar-refractivity contribution in [2.75, 3.05) is 13.1 Å². The lowest BCUT2D eigenvalue weighted by atomic mass is 10.2. The second-order valence-corrected chi connectivity index (χ2v) is 4.37. The third-order valence-electron chi connectivity index (χ3n) is 1.63. The Balaban J connectivity index is 2.27. The number of nitrogens with one attached hydrogen (secondary N) is 1. The summed E-state index contributed by atoms with van der Waals surface area (Å²) in [6, 6.07) is 3.77. The molecule has 0 bridgehead atoms. The summed E-state index contributed by atoms with van der Waals surface area (Å²) in [5.74, 6) is 0.784. The molecule has 0 spiro atoms. The molecule has 0 saturated heterocycles. The molecule has 0 radical (unpaired) electrons. The molecule has 0 fully saturated rings. The minimum atomic E-state index is 0.190. The summed E-state index contributed by atoms with van der Waals surface area (Å²) in [7, 11) is 0. The second-order valence-electron chi connectivity index (χ2n) is 3.43. The summed E-state index contributed by atoms with van der Waals surface area (Å²) in [5.41, 5.74) is 0. The Bertz CT molecular complexity index is 254. The Hall–Kier alpha value is -0.670. The topological polar surface area (TPSA) is 29.1 Å². The first-order valence-electron chi connectivity index (χ1n) is 4.47. The van der Waals surface area contributed by atoms with Crippen molar-refractivity contribution in [3.63, 3.8) is 0 Å². The van der Waals surface area contributed by atoms with E-state index in [2.05, 4.69) is 19.2 Å². The van der Waals surface area contributed by atoms with Gasteiger partial charge in [0.15, 0.2) is 5.78 Å².